The average molecular weight is 317 g/mol. The molecule has 0 bridgehead atoms. The minimum absolute atomic E-state index is 0.200. The maximum absolute atomic E-state index is 12.4. The molecule has 0 aliphatic carbocycles. The molecule has 0 atom stereocenters. The summed E-state index contributed by atoms with van der Waals surface area (Å²) in [5, 5.41) is 3.25. The minimum atomic E-state index is -0.410. The van der Waals surface area contributed by atoms with Gasteiger partial charge in [0.25, 0.3) is 0 Å². The van der Waals surface area contributed by atoms with E-state index in [2.05, 4.69) is 5.32 Å². The molecular weight excluding hydrogens is 298 g/mol. The van der Waals surface area contributed by atoms with Crippen LogP contribution in [0.2, 0.25) is 0 Å². The molecule has 22 heavy (non-hydrogen) atoms. The van der Waals surface area contributed by atoms with Gasteiger partial charge in [0.05, 0.1) is 5.56 Å². The molecule has 0 aliphatic rings. The lowest BCUT2D eigenvalue weighted by molar-refractivity contribution is -0.114. The lowest BCUT2D eigenvalue weighted by atomic mass is 10.1. The van der Waals surface area contributed by atoms with Crippen molar-refractivity contribution in [2.75, 3.05) is 5.32 Å². The summed E-state index contributed by atoms with van der Waals surface area (Å²) in [6, 6.07) is 7.82. The van der Waals surface area contributed by atoms with Crippen molar-refractivity contribution >= 4 is 28.2 Å². The Labute approximate surface area is 134 Å². The fourth-order valence-corrected chi connectivity index (χ4v) is 3.24. The SMILES string of the molecule is CC(=O)Nc1sc(C)c(C)c1C(=O)OCc1cccc(C)c1. The molecule has 1 aromatic carbocycles. The zero-order valence-electron chi connectivity index (χ0n) is 13.1. The molecular formula is C17H19NO3S. The minimum Gasteiger partial charge on any atom is -0.457 e. The number of hydrogen-bond donors (Lipinski definition) is 1. The molecule has 1 amide bonds. The first-order chi connectivity index (χ1) is 10.4. The lowest BCUT2D eigenvalue weighted by Gasteiger charge is -2.08. The second kappa shape index (κ2) is 6.75. The molecule has 5 heteroatoms. The largest absolute Gasteiger partial charge is 0.457 e. The highest BCUT2D eigenvalue weighted by atomic mass is 32.1. The third-order valence-electron chi connectivity index (χ3n) is 3.33. The Morgan fingerprint density at radius 1 is 1.23 bits per heavy atom. The van der Waals surface area contributed by atoms with Crippen LogP contribution in [0.1, 0.15) is 38.8 Å². The number of hydrogen-bond acceptors (Lipinski definition) is 4. The Balaban J connectivity index is 2.17. The average Bonchev–Trinajstić information content (AvgIpc) is 2.70. The van der Waals surface area contributed by atoms with Gasteiger partial charge in [-0.2, -0.15) is 0 Å². The summed E-state index contributed by atoms with van der Waals surface area (Å²) in [6.07, 6.45) is 0. The van der Waals surface area contributed by atoms with Crippen LogP contribution in [0.25, 0.3) is 0 Å². The van der Waals surface area contributed by atoms with Crippen molar-refractivity contribution in [3.63, 3.8) is 0 Å². The number of anilines is 1. The van der Waals surface area contributed by atoms with Gasteiger partial charge in [0.1, 0.15) is 11.6 Å². The summed E-state index contributed by atoms with van der Waals surface area (Å²) in [6.45, 7) is 7.41. The Morgan fingerprint density at radius 3 is 2.59 bits per heavy atom. The first kappa shape index (κ1) is 16.2. The molecule has 116 valence electrons. The molecule has 1 aromatic heterocycles. The van der Waals surface area contributed by atoms with Crippen molar-refractivity contribution in [2.45, 2.75) is 34.3 Å². The number of esters is 1. The van der Waals surface area contributed by atoms with E-state index in [0.29, 0.717) is 10.6 Å². The van der Waals surface area contributed by atoms with Crippen molar-refractivity contribution in [3.8, 4) is 0 Å². The van der Waals surface area contributed by atoms with Crippen LogP contribution in [-0.2, 0) is 16.1 Å². The topological polar surface area (TPSA) is 55.4 Å². The molecule has 0 radical (unpaired) electrons. The van der Waals surface area contributed by atoms with E-state index >= 15 is 0 Å². The summed E-state index contributed by atoms with van der Waals surface area (Å²) < 4.78 is 5.40. The molecule has 4 nitrogen and oxygen atoms in total. The van der Waals surface area contributed by atoms with Crippen molar-refractivity contribution < 1.29 is 14.3 Å². The van der Waals surface area contributed by atoms with Crippen LogP contribution < -0.4 is 5.32 Å². The van der Waals surface area contributed by atoms with Crippen LogP contribution in [0.15, 0.2) is 24.3 Å². The summed E-state index contributed by atoms with van der Waals surface area (Å²) in [7, 11) is 0. The predicted octanol–water partition coefficient (Wildman–Crippen LogP) is 3.99. The van der Waals surface area contributed by atoms with Crippen LogP contribution in [0.5, 0.6) is 0 Å². The Bertz CT molecular complexity index is 719. The van der Waals surface area contributed by atoms with Gasteiger partial charge in [-0.1, -0.05) is 29.8 Å². The standard InChI is InChI=1S/C17H19NO3S/c1-10-6-5-7-14(8-10)9-21-17(20)15-11(2)12(3)22-16(15)18-13(4)19/h5-8H,9H2,1-4H3,(H,18,19). The third kappa shape index (κ3) is 3.74. The van der Waals surface area contributed by atoms with Gasteiger partial charge in [0.2, 0.25) is 5.91 Å². The van der Waals surface area contributed by atoms with Gasteiger partial charge in [0.15, 0.2) is 0 Å². The molecule has 0 spiro atoms. The fourth-order valence-electron chi connectivity index (χ4n) is 2.14. The second-order valence-electron chi connectivity index (χ2n) is 5.23. The van der Waals surface area contributed by atoms with Gasteiger partial charge in [-0.15, -0.1) is 11.3 Å². The number of carbonyl (C=O) groups excluding carboxylic acids is 2. The van der Waals surface area contributed by atoms with E-state index in [9.17, 15) is 9.59 Å². The zero-order valence-corrected chi connectivity index (χ0v) is 14.0. The molecule has 0 unspecified atom stereocenters. The van der Waals surface area contributed by atoms with E-state index in [1.807, 2.05) is 45.0 Å². The van der Waals surface area contributed by atoms with Crippen LogP contribution in [-0.4, -0.2) is 11.9 Å². The van der Waals surface area contributed by atoms with Gasteiger partial charge in [0, 0.05) is 11.8 Å². The maximum atomic E-state index is 12.4. The number of benzene rings is 1. The quantitative estimate of drug-likeness (QED) is 0.868. The number of amides is 1. The highest BCUT2D eigenvalue weighted by Crippen LogP contribution is 2.33. The molecule has 0 saturated heterocycles. The van der Waals surface area contributed by atoms with E-state index in [0.717, 1.165) is 21.6 Å². The van der Waals surface area contributed by atoms with Crippen LogP contribution in [0, 0.1) is 20.8 Å². The fraction of sp³-hybridized carbons (Fsp3) is 0.294. The van der Waals surface area contributed by atoms with E-state index in [1.165, 1.54) is 18.3 Å². The molecule has 2 aromatic rings. The predicted molar refractivity (Wildman–Crippen MR) is 88.4 cm³/mol. The highest BCUT2D eigenvalue weighted by Gasteiger charge is 2.21. The van der Waals surface area contributed by atoms with E-state index < -0.39 is 5.97 Å². The van der Waals surface area contributed by atoms with Gasteiger partial charge >= 0.3 is 5.97 Å². The van der Waals surface area contributed by atoms with Crippen molar-refractivity contribution in [1.82, 2.24) is 0 Å². The summed E-state index contributed by atoms with van der Waals surface area (Å²) in [5.41, 5.74) is 3.36. The number of rotatable bonds is 4. The Kier molecular flexibility index (Phi) is 4.98. The molecule has 1 N–H and O–H groups in total. The number of carbonyl (C=O) groups is 2. The summed E-state index contributed by atoms with van der Waals surface area (Å²) in [5.74, 6) is -0.610. The highest BCUT2D eigenvalue weighted by molar-refractivity contribution is 7.16. The lowest BCUT2D eigenvalue weighted by Crippen LogP contribution is -2.12. The Morgan fingerprint density at radius 2 is 1.95 bits per heavy atom. The Hall–Kier alpha value is -2.14. The number of ether oxygens (including phenoxy) is 1. The summed E-state index contributed by atoms with van der Waals surface area (Å²) >= 11 is 1.39. The van der Waals surface area contributed by atoms with Crippen LogP contribution in [0.3, 0.4) is 0 Å². The molecule has 0 fully saturated rings. The number of aryl methyl sites for hydroxylation is 2. The molecule has 1 heterocycles. The van der Waals surface area contributed by atoms with Crippen LogP contribution >= 0.6 is 11.3 Å². The first-order valence-corrected chi connectivity index (χ1v) is 7.80. The van der Waals surface area contributed by atoms with Crippen LogP contribution in [0.4, 0.5) is 5.00 Å². The van der Waals surface area contributed by atoms with Gasteiger partial charge < -0.3 is 10.1 Å². The van der Waals surface area contributed by atoms with Crippen molar-refractivity contribution in [2.24, 2.45) is 0 Å². The normalized spacial score (nSPS) is 10.4. The molecule has 0 saturated carbocycles. The monoisotopic (exact) mass is 317 g/mol. The maximum Gasteiger partial charge on any atom is 0.341 e. The van der Waals surface area contributed by atoms with Gasteiger partial charge in [-0.25, -0.2) is 4.79 Å². The van der Waals surface area contributed by atoms with E-state index in [1.54, 1.807) is 0 Å². The first-order valence-electron chi connectivity index (χ1n) is 6.98. The van der Waals surface area contributed by atoms with Crippen molar-refractivity contribution in [1.29, 1.82) is 0 Å². The van der Waals surface area contributed by atoms with Crippen molar-refractivity contribution in [3.05, 3.63) is 51.4 Å². The second-order valence-corrected chi connectivity index (χ2v) is 6.46. The van der Waals surface area contributed by atoms with E-state index in [4.69, 9.17) is 4.74 Å². The zero-order chi connectivity index (χ0) is 16.3. The van der Waals surface area contributed by atoms with Gasteiger partial charge in [-0.3, -0.25) is 4.79 Å². The van der Waals surface area contributed by atoms with Gasteiger partial charge in [-0.05, 0) is 31.9 Å². The van der Waals surface area contributed by atoms with E-state index in [-0.39, 0.29) is 12.5 Å². The summed E-state index contributed by atoms with van der Waals surface area (Å²) in [4.78, 5) is 24.6. The smallest absolute Gasteiger partial charge is 0.341 e. The molecule has 2 rings (SSSR count). The molecule has 0 aliphatic heterocycles. The third-order valence-corrected chi connectivity index (χ3v) is 4.45. The number of nitrogens with one attached hydrogen (secondary N) is 1. The number of thiophene rings is 1.